The Bertz CT molecular complexity index is 582. The minimum atomic E-state index is -0.0549. The topological polar surface area (TPSA) is 64.3 Å². The van der Waals surface area contributed by atoms with E-state index in [1.807, 2.05) is 61.5 Å². The SMILES string of the molecule is CC(OCCC(=O)Nc1ccc(CN)cc1)c1ccccc1. The van der Waals surface area contributed by atoms with E-state index in [4.69, 9.17) is 10.5 Å². The van der Waals surface area contributed by atoms with Crippen molar-refractivity contribution in [2.24, 2.45) is 5.73 Å². The van der Waals surface area contributed by atoms with Crippen LogP contribution in [0.4, 0.5) is 5.69 Å². The predicted molar refractivity (Wildman–Crippen MR) is 88.4 cm³/mol. The summed E-state index contributed by atoms with van der Waals surface area (Å²) in [6, 6.07) is 17.5. The summed E-state index contributed by atoms with van der Waals surface area (Å²) in [5.74, 6) is -0.0549. The second-order valence-corrected chi connectivity index (χ2v) is 5.12. The number of nitrogens with two attached hydrogens (primary N) is 1. The van der Waals surface area contributed by atoms with Gasteiger partial charge in [0.25, 0.3) is 0 Å². The largest absolute Gasteiger partial charge is 0.373 e. The van der Waals surface area contributed by atoms with Crippen LogP contribution in [-0.4, -0.2) is 12.5 Å². The molecule has 2 aromatic rings. The van der Waals surface area contributed by atoms with Crippen molar-refractivity contribution in [1.82, 2.24) is 0 Å². The quantitative estimate of drug-likeness (QED) is 0.824. The van der Waals surface area contributed by atoms with Crippen LogP contribution < -0.4 is 11.1 Å². The molecule has 0 heterocycles. The first-order valence-electron chi connectivity index (χ1n) is 7.44. The molecular weight excluding hydrogens is 276 g/mol. The number of carbonyl (C=O) groups is 1. The normalized spacial score (nSPS) is 11.9. The summed E-state index contributed by atoms with van der Waals surface area (Å²) >= 11 is 0. The van der Waals surface area contributed by atoms with Crippen LogP contribution in [0.5, 0.6) is 0 Å². The molecule has 0 saturated heterocycles. The second kappa shape index (κ2) is 8.32. The average Bonchev–Trinajstić information content (AvgIpc) is 2.56. The van der Waals surface area contributed by atoms with Gasteiger partial charge in [0.15, 0.2) is 0 Å². The molecule has 116 valence electrons. The molecule has 0 bridgehead atoms. The lowest BCUT2D eigenvalue weighted by molar-refractivity contribution is -0.117. The van der Waals surface area contributed by atoms with E-state index < -0.39 is 0 Å². The van der Waals surface area contributed by atoms with Gasteiger partial charge in [-0.3, -0.25) is 4.79 Å². The Labute approximate surface area is 131 Å². The molecule has 0 aliphatic rings. The molecule has 0 spiro atoms. The highest BCUT2D eigenvalue weighted by Gasteiger charge is 2.07. The Morgan fingerprint density at radius 1 is 1.14 bits per heavy atom. The van der Waals surface area contributed by atoms with Gasteiger partial charge in [0.1, 0.15) is 0 Å². The van der Waals surface area contributed by atoms with Crippen LogP contribution in [0, 0.1) is 0 Å². The first-order valence-corrected chi connectivity index (χ1v) is 7.44. The minimum absolute atomic E-state index is 0.0159. The highest BCUT2D eigenvalue weighted by Crippen LogP contribution is 2.16. The van der Waals surface area contributed by atoms with Gasteiger partial charge in [-0.05, 0) is 30.2 Å². The molecule has 2 rings (SSSR count). The third-order valence-corrected chi connectivity index (χ3v) is 3.44. The van der Waals surface area contributed by atoms with Crippen molar-refractivity contribution in [1.29, 1.82) is 0 Å². The number of hydrogen-bond donors (Lipinski definition) is 2. The maximum atomic E-state index is 11.9. The molecule has 0 aromatic heterocycles. The van der Waals surface area contributed by atoms with Gasteiger partial charge in [-0.1, -0.05) is 42.5 Å². The summed E-state index contributed by atoms with van der Waals surface area (Å²) in [5.41, 5.74) is 8.47. The number of carbonyl (C=O) groups excluding carboxylic acids is 1. The summed E-state index contributed by atoms with van der Waals surface area (Å²) in [6.45, 7) is 2.88. The van der Waals surface area contributed by atoms with Crippen LogP contribution in [0.3, 0.4) is 0 Å². The molecule has 0 aliphatic carbocycles. The number of rotatable bonds is 7. The molecule has 1 unspecified atom stereocenters. The van der Waals surface area contributed by atoms with E-state index >= 15 is 0 Å². The molecular formula is C18H22N2O2. The van der Waals surface area contributed by atoms with Gasteiger partial charge in [-0.2, -0.15) is 0 Å². The van der Waals surface area contributed by atoms with Gasteiger partial charge in [0.05, 0.1) is 19.1 Å². The third kappa shape index (κ3) is 4.98. The number of benzene rings is 2. The molecule has 0 radical (unpaired) electrons. The lowest BCUT2D eigenvalue weighted by Crippen LogP contribution is -2.15. The van der Waals surface area contributed by atoms with Crippen LogP contribution in [0.15, 0.2) is 54.6 Å². The molecule has 4 heteroatoms. The van der Waals surface area contributed by atoms with Crippen LogP contribution in [-0.2, 0) is 16.1 Å². The van der Waals surface area contributed by atoms with E-state index in [1.54, 1.807) is 0 Å². The van der Waals surface area contributed by atoms with E-state index in [1.165, 1.54) is 0 Å². The number of amides is 1. The first kappa shape index (κ1) is 16.2. The average molecular weight is 298 g/mol. The van der Waals surface area contributed by atoms with Gasteiger partial charge in [0, 0.05) is 12.2 Å². The smallest absolute Gasteiger partial charge is 0.226 e. The molecule has 0 fully saturated rings. The van der Waals surface area contributed by atoms with Gasteiger partial charge in [-0.15, -0.1) is 0 Å². The molecule has 0 aliphatic heterocycles. The van der Waals surface area contributed by atoms with Crippen LogP contribution in [0.1, 0.15) is 30.6 Å². The van der Waals surface area contributed by atoms with E-state index in [2.05, 4.69) is 5.32 Å². The fraction of sp³-hybridized carbons (Fsp3) is 0.278. The highest BCUT2D eigenvalue weighted by molar-refractivity contribution is 5.90. The van der Waals surface area contributed by atoms with Gasteiger partial charge in [-0.25, -0.2) is 0 Å². The minimum Gasteiger partial charge on any atom is -0.373 e. The monoisotopic (exact) mass is 298 g/mol. The lowest BCUT2D eigenvalue weighted by atomic mass is 10.1. The van der Waals surface area contributed by atoms with Crippen molar-refractivity contribution in [2.75, 3.05) is 11.9 Å². The van der Waals surface area contributed by atoms with E-state index in [0.717, 1.165) is 16.8 Å². The van der Waals surface area contributed by atoms with E-state index in [9.17, 15) is 4.79 Å². The molecule has 0 saturated carbocycles. The molecule has 1 atom stereocenters. The number of anilines is 1. The summed E-state index contributed by atoms with van der Waals surface area (Å²) < 4.78 is 5.70. The molecule has 3 N–H and O–H groups in total. The third-order valence-electron chi connectivity index (χ3n) is 3.44. The Hall–Kier alpha value is -2.17. The van der Waals surface area contributed by atoms with Crippen molar-refractivity contribution < 1.29 is 9.53 Å². The van der Waals surface area contributed by atoms with E-state index in [0.29, 0.717) is 19.6 Å². The van der Waals surface area contributed by atoms with E-state index in [-0.39, 0.29) is 12.0 Å². The first-order chi connectivity index (χ1) is 10.7. The van der Waals surface area contributed by atoms with Gasteiger partial charge < -0.3 is 15.8 Å². The Morgan fingerprint density at radius 2 is 1.82 bits per heavy atom. The van der Waals surface area contributed by atoms with Gasteiger partial charge >= 0.3 is 0 Å². The van der Waals surface area contributed by atoms with Crippen LogP contribution in [0.2, 0.25) is 0 Å². The van der Waals surface area contributed by atoms with Crippen molar-refractivity contribution >= 4 is 11.6 Å². The zero-order valence-electron chi connectivity index (χ0n) is 12.8. The molecule has 22 heavy (non-hydrogen) atoms. The summed E-state index contributed by atoms with van der Waals surface area (Å²) in [5, 5.41) is 2.85. The summed E-state index contributed by atoms with van der Waals surface area (Å²) in [7, 11) is 0. The standard InChI is InChI=1S/C18H22N2O2/c1-14(16-5-3-2-4-6-16)22-12-11-18(21)20-17-9-7-15(13-19)8-10-17/h2-10,14H,11-13,19H2,1H3,(H,20,21). The maximum Gasteiger partial charge on any atom is 0.226 e. The number of hydrogen-bond acceptors (Lipinski definition) is 3. The lowest BCUT2D eigenvalue weighted by Gasteiger charge is -2.13. The fourth-order valence-electron chi connectivity index (χ4n) is 2.10. The zero-order valence-corrected chi connectivity index (χ0v) is 12.8. The van der Waals surface area contributed by atoms with Crippen LogP contribution >= 0.6 is 0 Å². The molecule has 1 amide bonds. The maximum absolute atomic E-state index is 11.9. The Kier molecular flexibility index (Phi) is 6.13. The van der Waals surface area contributed by atoms with Gasteiger partial charge in [0.2, 0.25) is 5.91 Å². The number of nitrogens with one attached hydrogen (secondary N) is 1. The fourth-order valence-corrected chi connectivity index (χ4v) is 2.10. The Balaban J connectivity index is 1.73. The van der Waals surface area contributed by atoms with Crippen molar-refractivity contribution in [3.8, 4) is 0 Å². The number of ether oxygens (including phenoxy) is 1. The summed E-state index contributed by atoms with van der Waals surface area (Å²) in [4.78, 5) is 11.9. The second-order valence-electron chi connectivity index (χ2n) is 5.12. The summed E-state index contributed by atoms with van der Waals surface area (Å²) in [6.07, 6.45) is 0.313. The van der Waals surface area contributed by atoms with Crippen molar-refractivity contribution in [3.63, 3.8) is 0 Å². The molecule has 2 aromatic carbocycles. The molecule has 4 nitrogen and oxygen atoms in total. The highest BCUT2D eigenvalue weighted by atomic mass is 16.5. The predicted octanol–water partition coefficient (Wildman–Crippen LogP) is 3.25. The van der Waals surface area contributed by atoms with Crippen molar-refractivity contribution in [2.45, 2.75) is 26.0 Å². The Morgan fingerprint density at radius 3 is 2.45 bits per heavy atom. The zero-order chi connectivity index (χ0) is 15.8. The van der Waals surface area contributed by atoms with Crippen LogP contribution in [0.25, 0.3) is 0 Å². The van der Waals surface area contributed by atoms with Crippen molar-refractivity contribution in [3.05, 3.63) is 65.7 Å².